The monoisotopic (exact) mass is 374 g/mol. The molecule has 27 heavy (non-hydrogen) atoms. The van der Waals surface area contributed by atoms with Gasteiger partial charge in [-0.05, 0) is 49.7 Å². The smallest absolute Gasteiger partial charge is 0.321 e. The zero-order valence-corrected chi connectivity index (χ0v) is 16.5. The summed E-state index contributed by atoms with van der Waals surface area (Å²) in [5.74, 6) is 0.0700. The fraction of sp³-hybridized carbons (Fsp3) is 0.600. The number of urea groups is 1. The van der Waals surface area contributed by atoms with Crippen LogP contribution in [0.1, 0.15) is 32.3 Å². The number of nitrogens with one attached hydrogen (secondary N) is 1. The largest absolute Gasteiger partial charge is 0.364 e. The zero-order valence-electron chi connectivity index (χ0n) is 16.5. The van der Waals surface area contributed by atoms with Gasteiger partial charge in [0.1, 0.15) is 6.73 Å². The quantitative estimate of drug-likeness (QED) is 0.831. The Morgan fingerprint density at radius 2 is 2.07 bits per heavy atom. The Hall–Kier alpha value is -2.12. The molecule has 7 nitrogen and oxygen atoms in total. The van der Waals surface area contributed by atoms with Crippen LogP contribution in [-0.4, -0.2) is 67.8 Å². The third kappa shape index (κ3) is 4.25. The van der Waals surface area contributed by atoms with Crippen molar-refractivity contribution < 1.29 is 14.3 Å². The highest BCUT2D eigenvalue weighted by molar-refractivity contribution is 5.97. The van der Waals surface area contributed by atoms with Crippen molar-refractivity contribution in [2.24, 2.45) is 0 Å². The van der Waals surface area contributed by atoms with E-state index in [9.17, 15) is 9.59 Å². The van der Waals surface area contributed by atoms with E-state index in [-0.39, 0.29) is 18.7 Å². The lowest BCUT2D eigenvalue weighted by molar-refractivity contribution is -0.119. The van der Waals surface area contributed by atoms with Crippen molar-refractivity contribution in [3.8, 4) is 0 Å². The molecule has 0 spiro atoms. The van der Waals surface area contributed by atoms with Gasteiger partial charge < -0.3 is 15.0 Å². The van der Waals surface area contributed by atoms with Crippen molar-refractivity contribution in [3.63, 3.8) is 0 Å². The second-order valence-corrected chi connectivity index (χ2v) is 7.12. The first-order valence-corrected chi connectivity index (χ1v) is 9.79. The fourth-order valence-corrected chi connectivity index (χ4v) is 4.08. The lowest BCUT2D eigenvalue weighted by Crippen LogP contribution is -2.40. The molecule has 1 fully saturated rings. The molecule has 1 aromatic carbocycles. The minimum Gasteiger partial charge on any atom is -0.364 e. The van der Waals surface area contributed by atoms with Crippen LogP contribution in [0, 0.1) is 0 Å². The minimum absolute atomic E-state index is 0.0507. The third-order valence-corrected chi connectivity index (χ3v) is 5.57. The Kier molecular flexibility index (Phi) is 6.34. The minimum atomic E-state index is -0.0507. The normalized spacial score (nSPS) is 19.6. The lowest BCUT2D eigenvalue weighted by atomic mass is 10.0. The molecule has 0 bridgehead atoms. The molecule has 7 heteroatoms. The second-order valence-electron chi connectivity index (χ2n) is 7.12. The number of likely N-dealkylation sites (tertiary alicyclic amines) is 1. The van der Waals surface area contributed by atoms with Crippen molar-refractivity contribution >= 4 is 23.3 Å². The van der Waals surface area contributed by atoms with Crippen molar-refractivity contribution in [2.45, 2.75) is 39.2 Å². The lowest BCUT2D eigenvalue weighted by Gasteiger charge is -2.29. The van der Waals surface area contributed by atoms with Gasteiger partial charge >= 0.3 is 6.03 Å². The molecular weight excluding hydrogens is 344 g/mol. The molecule has 0 radical (unpaired) electrons. The predicted octanol–water partition coefficient (Wildman–Crippen LogP) is 2.52. The van der Waals surface area contributed by atoms with Gasteiger partial charge in [0, 0.05) is 44.0 Å². The van der Waals surface area contributed by atoms with Crippen LogP contribution in [0.2, 0.25) is 0 Å². The highest BCUT2D eigenvalue weighted by atomic mass is 16.5. The number of hydrogen-bond acceptors (Lipinski definition) is 4. The maximum atomic E-state index is 12.7. The van der Waals surface area contributed by atoms with Gasteiger partial charge in [0.05, 0.1) is 0 Å². The van der Waals surface area contributed by atoms with Crippen LogP contribution >= 0.6 is 0 Å². The average molecular weight is 374 g/mol. The van der Waals surface area contributed by atoms with Crippen molar-refractivity contribution in [1.82, 2.24) is 9.80 Å². The maximum Gasteiger partial charge on any atom is 0.321 e. The highest BCUT2D eigenvalue weighted by Gasteiger charge is 2.29. The molecule has 0 unspecified atom stereocenters. The number of benzene rings is 1. The highest BCUT2D eigenvalue weighted by Crippen LogP contribution is 2.30. The molecule has 1 N–H and O–H groups in total. The molecule has 1 saturated heterocycles. The molecule has 0 saturated carbocycles. The summed E-state index contributed by atoms with van der Waals surface area (Å²) >= 11 is 0. The number of hydrogen-bond donors (Lipinski definition) is 1. The predicted molar refractivity (Wildman–Crippen MR) is 106 cm³/mol. The number of likely N-dealkylation sites (N-methyl/N-ethyl adjacent to an activating group) is 1. The average Bonchev–Trinajstić information content (AvgIpc) is 3.15. The first-order chi connectivity index (χ1) is 13.1. The number of nitrogens with zero attached hydrogens (tertiary/aromatic N) is 3. The van der Waals surface area contributed by atoms with E-state index in [2.05, 4.69) is 24.1 Å². The summed E-state index contributed by atoms with van der Waals surface area (Å²) < 4.78 is 5.14. The molecule has 1 aromatic rings. The number of fused-ring (bicyclic) bond motifs is 1. The summed E-state index contributed by atoms with van der Waals surface area (Å²) in [5.41, 5.74) is 2.71. The fourth-order valence-electron chi connectivity index (χ4n) is 4.08. The van der Waals surface area contributed by atoms with Gasteiger partial charge in [-0.25, -0.2) is 4.79 Å². The molecule has 148 valence electrons. The van der Waals surface area contributed by atoms with Crippen LogP contribution in [-0.2, 0) is 16.0 Å². The summed E-state index contributed by atoms with van der Waals surface area (Å²) in [6.45, 7) is 8.16. The number of ether oxygens (including phenoxy) is 1. The van der Waals surface area contributed by atoms with E-state index in [1.807, 2.05) is 23.1 Å². The molecule has 2 aliphatic rings. The SMILES string of the molecule is CCN(CC)[C@@H]1CCN(C(=O)Nc2ccc3c(c2)CCC(=O)N3COC)C1. The Labute approximate surface area is 161 Å². The number of aryl methyl sites for hydroxylation is 1. The van der Waals surface area contributed by atoms with Gasteiger partial charge in [0.2, 0.25) is 5.91 Å². The van der Waals surface area contributed by atoms with Crippen molar-refractivity contribution in [2.75, 3.05) is 50.2 Å². The molecule has 2 aliphatic heterocycles. The first kappa shape index (κ1) is 19.6. The van der Waals surface area contributed by atoms with Crippen LogP contribution in [0.15, 0.2) is 18.2 Å². The van der Waals surface area contributed by atoms with Crippen LogP contribution in [0.5, 0.6) is 0 Å². The van der Waals surface area contributed by atoms with E-state index in [1.165, 1.54) is 0 Å². The molecule has 2 heterocycles. The van der Waals surface area contributed by atoms with E-state index >= 15 is 0 Å². The van der Waals surface area contributed by atoms with Gasteiger partial charge in [-0.2, -0.15) is 0 Å². The van der Waals surface area contributed by atoms with Crippen LogP contribution in [0.4, 0.5) is 16.2 Å². The summed E-state index contributed by atoms with van der Waals surface area (Å²) in [7, 11) is 1.58. The van der Waals surface area contributed by atoms with Crippen LogP contribution in [0.25, 0.3) is 0 Å². The molecule has 3 amide bonds. The summed E-state index contributed by atoms with van der Waals surface area (Å²) in [4.78, 5) is 30.7. The molecule has 0 aliphatic carbocycles. The Morgan fingerprint density at radius 1 is 1.30 bits per heavy atom. The number of rotatable bonds is 6. The third-order valence-electron chi connectivity index (χ3n) is 5.57. The number of methoxy groups -OCH3 is 1. The molecule has 0 aromatic heterocycles. The number of anilines is 2. The Balaban J connectivity index is 1.65. The molecule has 3 rings (SSSR count). The van der Waals surface area contributed by atoms with Crippen LogP contribution < -0.4 is 10.2 Å². The van der Waals surface area contributed by atoms with Gasteiger partial charge in [0.15, 0.2) is 0 Å². The van der Waals surface area contributed by atoms with Crippen LogP contribution in [0.3, 0.4) is 0 Å². The Bertz CT molecular complexity index is 690. The van der Waals surface area contributed by atoms with E-state index in [1.54, 1.807) is 12.0 Å². The van der Waals surface area contributed by atoms with Crippen molar-refractivity contribution in [3.05, 3.63) is 23.8 Å². The van der Waals surface area contributed by atoms with Gasteiger partial charge in [-0.1, -0.05) is 13.8 Å². The Morgan fingerprint density at radius 3 is 2.78 bits per heavy atom. The summed E-state index contributed by atoms with van der Waals surface area (Å²) in [5, 5.41) is 3.02. The van der Waals surface area contributed by atoms with E-state index in [4.69, 9.17) is 4.74 Å². The number of amides is 3. The van der Waals surface area contributed by atoms with Gasteiger partial charge in [-0.15, -0.1) is 0 Å². The first-order valence-electron chi connectivity index (χ1n) is 9.79. The summed E-state index contributed by atoms with van der Waals surface area (Å²) in [6.07, 6.45) is 2.17. The van der Waals surface area contributed by atoms with Gasteiger partial charge in [-0.3, -0.25) is 14.6 Å². The van der Waals surface area contributed by atoms with E-state index in [0.29, 0.717) is 18.9 Å². The van der Waals surface area contributed by atoms with E-state index < -0.39 is 0 Å². The van der Waals surface area contributed by atoms with Gasteiger partial charge in [0.25, 0.3) is 0 Å². The summed E-state index contributed by atoms with van der Waals surface area (Å²) in [6, 6.07) is 6.12. The molecule has 1 atom stereocenters. The number of carbonyl (C=O) groups excluding carboxylic acids is 2. The molecular formula is C20H30N4O3. The number of carbonyl (C=O) groups is 2. The van der Waals surface area contributed by atoms with Crippen molar-refractivity contribution in [1.29, 1.82) is 0 Å². The second kappa shape index (κ2) is 8.71. The zero-order chi connectivity index (χ0) is 19.4. The standard InChI is InChI=1S/C20H30N4O3/c1-4-22(5-2)17-10-11-23(13-17)20(26)21-16-7-8-18-15(12-16)6-9-19(25)24(18)14-27-3/h7-8,12,17H,4-6,9-11,13-14H2,1-3H3,(H,21,26)/t17-/m1/s1. The maximum absolute atomic E-state index is 12.7. The van der Waals surface area contributed by atoms with E-state index in [0.717, 1.165) is 49.5 Å². The topological polar surface area (TPSA) is 65.1 Å².